The van der Waals surface area contributed by atoms with Gasteiger partial charge in [-0.15, -0.1) is 10.2 Å². The second kappa shape index (κ2) is 11.6. The number of thioether (sulfide) groups is 1. The molecule has 0 saturated carbocycles. The quantitative estimate of drug-likeness (QED) is 0.254. The summed E-state index contributed by atoms with van der Waals surface area (Å²) in [6.07, 6.45) is 3.36. The van der Waals surface area contributed by atoms with E-state index >= 15 is 0 Å². The zero-order chi connectivity index (χ0) is 23.0. The molecule has 0 atom stereocenters. The van der Waals surface area contributed by atoms with Gasteiger partial charge in [0, 0.05) is 35.3 Å². The van der Waals surface area contributed by atoms with E-state index in [-0.39, 0.29) is 17.7 Å². The van der Waals surface area contributed by atoms with Crippen molar-refractivity contribution in [3.05, 3.63) is 70.7 Å². The predicted molar refractivity (Wildman–Crippen MR) is 134 cm³/mol. The lowest BCUT2D eigenvalue weighted by atomic mass is 9.95. The van der Waals surface area contributed by atoms with Gasteiger partial charge in [0.25, 0.3) is 5.91 Å². The zero-order valence-electron chi connectivity index (χ0n) is 18.1. The lowest BCUT2D eigenvalue weighted by molar-refractivity contribution is -0.121. The van der Waals surface area contributed by atoms with E-state index in [1.807, 2.05) is 6.07 Å². The molecule has 0 bridgehead atoms. The number of aromatic nitrogens is 2. The van der Waals surface area contributed by atoms with Crippen LogP contribution in [0.3, 0.4) is 0 Å². The maximum absolute atomic E-state index is 12.7. The van der Waals surface area contributed by atoms with Crippen molar-refractivity contribution in [2.45, 2.75) is 30.0 Å². The van der Waals surface area contributed by atoms with Crippen molar-refractivity contribution < 1.29 is 9.59 Å². The first-order chi connectivity index (χ1) is 16.1. The number of hydrogen-bond acceptors (Lipinski definition) is 6. The molecule has 0 unspecified atom stereocenters. The molecule has 2 aromatic carbocycles. The molecular weight excluding hydrogens is 476 g/mol. The molecule has 1 aliphatic heterocycles. The summed E-state index contributed by atoms with van der Waals surface area (Å²) in [6, 6.07) is 17.3. The van der Waals surface area contributed by atoms with Crippen LogP contribution < -0.4 is 5.32 Å². The number of piperidine rings is 1. The lowest BCUT2D eigenvalue weighted by Crippen LogP contribution is -2.41. The Labute approximate surface area is 206 Å². The van der Waals surface area contributed by atoms with Crippen molar-refractivity contribution in [2.75, 3.05) is 24.2 Å². The summed E-state index contributed by atoms with van der Waals surface area (Å²) in [7, 11) is 0. The van der Waals surface area contributed by atoms with E-state index in [1.165, 1.54) is 16.9 Å². The molecule has 3 aromatic rings. The average Bonchev–Trinajstić information content (AvgIpc) is 3.29. The van der Waals surface area contributed by atoms with Crippen LogP contribution in [0, 0.1) is 5.92 Å². The van der Waals surface area contributed by atoms with Gasteiger partial charge in [-0.3, -0.25) is 9.59 Å². The van der Waals surface area contributed by atoms with Crippen molar-refractivity contribution in [1.29, 1.82) is 0 Å². The number of likely N-dealkylation sites (tertiary alicyclic amines) is 1. The topological polar surface area (TPSA) is 75.2 Å². The monoisotopic (exact) mass is 500 g/mol. The Kier molecular flexibility index (Phi) is 8.36. The molecule has 1 saturated heterocycles. The molecule has 4 rings (SSSR count). The van der Waals surface area contributed by atoms with E-state index in [0.29, 0.717) is 41.6 Å². The Morgan fingerprint density at radius 1 is 1.06 bits per heavy atom. The van der Waals surface area contributed by atoms with E-state index in [1.54, 1.807) is 40.9 Å². The predicted octanol–water partition coefficient (Wildman–Crippen LogP) is 5.41. The molecular formula is C24H25ClN4O2S2. The molecule has 1 aliphatic rings. The Morgan fingerprint density at radius 2 is 1.79 bits per heavy atom. The van der Waals surface area contributed by atoms with Crippen molar-refractivity contribution in [3.8, 4) is 0 Å². The second-order valence-electron chi connectivity index (χ2n) is 7.87. The molecule has 2 amide bonds. The van der Waals surface area contributed by atoms with Gasteiger partial charge in [0.05, 0.1) is 0 Å². The molecule has 0 radical (unpaired) electrons. The Morgan fingerprint density at radius 3 is 2.52 bits per heavy atom. The molecule has 172 valence electrons. The summed E-state index contributed by atoms with van der Waals surface area (Å²) < 4.78 is 0.863. The molecule has 6 nitrogen and oxygen atoms in total. The van der Waals surface area contributed by atoms with Crippen molar-refractivity contribution in [2.24, 2.45) is 5.92 Å². The van der Waals surface area contributed by atoms with Crippen LogP contribution in [0.2, 0.25) is 5.02 Å². The summed E-state index contributed by atoms with van der Waals surface area (Å²) in [4.78, 5) is 27.1. The average molecular weight is 501 g/mol. The van der Waals surface area contributed by atoms with E-state index < -0.39 is 0 Å². The maximum atomic E-state index is 12.7. The van der Waals surface area contributed by atoms with Crippen LogP contribution in [0.1, 0.15) is 35.2 Å². The van der Waals surface area contributed by atoms with Crippen LogP contribution in [0.25, 0.3) is 0 Å². The molecule has 2 heterocycles. The van der Waals surface area contributed by atoms with Gasteiger partial charge < -0.3 is 10.2 Å². The summed E-state index contributed by atoms with van der Waals surface area (Å²) in [5, 5.41) is 12.3. The highest BCUT2D eigenvalue weighted by molar-refractivity contribution is 8.01. The number of benzene rings is 2. The van der Waals surface area contributed by atoms with Crippen LogP contribution in [-0.2, 0) is 11.2 Å². The summed E-state index contributed by atoms with van der Waals surface area (Å²) in [6.45, 7) is 1.11. The summed E-state index contributed by atoms with van der Waals surface area (Å²) in [5.74, 6) is 0.747. The largest absolute Gasteiger partial charge is 0.339 e. The van der Waals surface area contributed by atoms with Crippen molar-refractivity contribution in [1.82, 2.24) is 15.1 Å². The Bertz CT molecular complexity index is 1070. The Balaban J connectivity index is 1.19. The van der Waals surface area contributed by atoms with Crippen LogP contribution in [0.4, 0.5) is 5.13 Å². The minimum absolute atomic E-state index is 0.0245. The number of nitrogens with zero attached hydrogens (tertiary/aromatic N) is 3. The van der Waals surface area contributed by atoms with E-state index in [4.69, 9.17) is 11.6 Å². The van der Waals surface area contributed by atoms with Crippen LogP contribution in [0.15, 0.2) is 58.9 Å². The van der Waals surface area contributed by atoms with Crippen molar-refractivity contribution >= 4 is 51.6 Å². The molecule has 0 spiro atoms. The fourth-order valence-electron chi connectivity index (χ4n) is 3.73. The number of amides is 2. The molecule has 33 heavy (non-hydrogen) atoms. The first kappa shape index (κ1) is 23.7. The fourth-order valence-corrected chi connectivity index (χ4v) is 5.62. The minimum Gasteiger partial charge on any atom is -0.339 e. The molecule has 0 aliphatic carbocycles. The first-order valence-corrected chi connectivity index (χ1v) is 13.1. The van der Waals surface area contributed by atoms with E-state index in [2.05, 4.69) is 39.8 Å². The lowest BCUT2D eigenvalue weighted by Gasteiger charge is -2.31. The highest BCUT2D eigenvalue weighted by Crippen LogP contribution is 2.28. The van der Waals surface area contributed by atoms with Gasteiger partial charge >= 0.3 is 0 Å². The number of nitrogens with one attached hydrogen (secondary N) is 1. The summed E-state index contributed by atoms with van der Waals surface area (Å²) in [5.41, 5.74) is 1.95. The third kappa shape index (κ3) is 6.79. The number of aryl methyl sites for hydroxylation is 1. The molecule has 1 fully saturated rings. The third-order valence-corrected chi connectivity index (χ3v) is 7.87. The number of hydrogen-bond donors (Lipinski definition) is 1. The number of halogens is 1. The maximum Gasteiger partial charge on any atom is 0.253 e. The van der Waals surface area contributed by atoms with Crippen LogP contribution in [-0.4, -0.2) is 45.8 Å². The number of rotatable bonds is 8. The summed E-state index contributed by atoms with van der Waals surface area (Å²) >= 11 is 8.97. The van der Waals surface area contributed by atoms with Gasteiger partial charge in [0.1, 0.15) is 0 Å². The fraction of sp³-hybridized carbons (Fsp3) is 0.333. The molecule has 9 heteroatoms. The SMILES string of the molecule is O=C(Nc1nnc(SCCCc2ccccc2)s1)C1CCN(C(=O)c2ccc(Cl)cc2)CC1. The number of anilines is 1. The van der Waals surface area contributed by atoms with Crippen LogP contribution >= 0.6 is 34.7 Å². The van der Waals surface area contributed by atoms with Gasteiger partial charge in [-0.1, -0.05) is 65.0 Å². The van der Waals surface area contributed by atoms with E-state index in [9.17, 15) is 9.59 Å². The molecule has 1 N–H and O–H groups in total. The highest BCUT2D eigenvalue weighted by atomic mass is 35.5. The van der Waals surface area contributed by atoms with Crippen molar-refractivity contribution in [3.63, 3.8) is 0 Å². The second-order valence-corrected chi connectivity index (χ2v) is 10.6. The van der Waals surface area contributed by atoms with Gasteiger partial charge in [-0.25, -0.2) is 0 Å². The smallest absolute Gasteiger partial charge is 0.253 e. The van der Waals surface area contributed by atoms with Crippen LogP contribution in [0.5, 0.6) is 0 Å². The molecule has 1 aromatic heterocycles. The van der Waals surface area contributed by atoms with Gasteiger partial charge in [-0.2, -0.15) is 0 Å². The third-order valence-electron chi connectivity index (χ3n) is 5.56. The first-order valence-electron chi connectivity index (χ1n) is 10.9. The van der Waals surface area contributed by atoms with Gasteiger partial charge in [0.15, 0.2) is 4.34 Å². The number of carbonyl (C=O) groups is 2. The standard InChI is InChI=1S/C24H25ClN4O2S2/c25-20-10-8-19(9-11-20)22(31)29-14-12-18(13-15-29)21(30)26-23-27-28-24(33-23)32-16-4-7-17-5-2-1-3-6-17/h1-3,5-6,8-11,18H,4,7,12-16H2,(H,26,27,30). The van der Waals surface area contributed by atoms with Gasteiger partial charge in [-0.05, 0) is 55.5 Å². The minimum atomic E-state index is -0.134. The highest BCUT2D eigenvalue weighted by Gasteiger charge is 2.28. The Hall–Kier alpha value is -2.42. The normalized spacial score (nSPS) is 14.3. The zero-order valence-corrected chi connectivity index (χ0v) is 20.5. The number of carbonyl (C=O) groups excluding carboxylic acids is 2. The van der Waals surface area contributed by atoms with Gasteiger partial charge in [0.2, 0.25) is 11.0 Å². The van der Waals surface area contributed by atoms with E-state index in [0.717, 1.165) is 22.9 Å².